The highest BCUT2D eigenvalue weighted by atomic mass is 16.5. The van der Waals surface area contributed by atoms with Crippen molar-refractivity contribution < 1.29 is 19.5 Å². The molecule has 0 amide bonds. The van der Waals surface area contributed by atoms with Crippen molar-refractivity contribution in [2.45, 2.75) is 27.3 Å². The van der Waals surface area contributed by atoms with E-state index in [-0.39, 0.29) is 11.5 Å². The van der Waals surface area contributed by atoms with Gasteiger partial charge in [-0.15, -0.1) is 0 Å². The number of phenolic OH excluding ortho intramolecular Hbond substituents is 1. The van der Waals surface area contributed by atoms with Gasteiger partial charge in [-0.25, -0.2) is 0 Å². The Morgan fingerprint density at radius 2 is 1.92 bits per heavy atom. The number of allylic oxidation sites excluding steroid dienone is 1. The van der Waals surface area contributed by atoms with Gasteiger partial charge in [0.25, 0.3) is 0 Å². The van der Waals surface area contributed by atoms with E-state index in [0.717, 1.165) is 24.2 Å². The Balaban J connectivity index is 1.98. The molecule has 0 saturated carbocycles. The molecule has 0 radical (unpaired) electrons. The molecule has 1 aliphatic heterocycles. The summed E-state index contributed by atoms with van der Waals surface area (Å²) >= 11 is 0. The Labute approximate surface area is 148 Å². The summed E-state index contributed by atoms with van der Waals surface area (Å²) in [5.41, 5.74) is 3.28. The zero-order chi connectivity index (χ0) is 18.0. The fourth-order valence-electron chi connectivity index (χ4n) is 3.13. The molecule has 130 valence electrons. The van der Waals surface area contributed by atoms with E-state index in [4.69, 9.17) is 4.74 Å². The van der Waals surface area contributed by atoms with Crippen LogP contribution in [0.3, 0.4) is 0 Å². The summed E-state index contributed by atoms with van der Waals surface area (Å²) in [6, 6.07) is 11.1. The Morgan fingerprint density at radius 1 is 1.16 bits per heavy atom. The fraction of sp³-hybridized carbons (Fsp3) is 0.286. The number of ketones is 1. The van der Waals surface area contributed by atoms with Crippen LogP contribution in [-0.2, 0) is 6.54 Å². The van der Waals surface area contributed by atoms with E-state index in [1.807, 2.05) is 31.2 Å². The molecule has 25 heavy (non-hydrogen) atoms. The molecule has 0 bridgehead atoms. The van der Waals surface area contributed by atoms with Gasteiger partial charge in [0.2, 0.25) is 5.78 Å². The van der Waals surface area contributed by atoms with Crippen LogP contribution < -0.4 is 9.64 Å². The van der Waals surface area contributed by atoms with Gasteiger partial charge in [-0.05, 0) is 44.5 Å². The zero-order valence-corrected chi connectivity index (χ0v) is 14.9. The van der Waals surface area contributed by atoms with E-state index in [1.165, 1.54) is 4.90 Å². The number of hydrogen-bond donors (Lipinski definition) is 2. The summed E-state index contributed by atoms with van der Waals surface area (Å²) < 4.78 is 5.90. The van der Waals surface area contributed by atoms with Crippen LogP contribution in [-0.4, -0.2) is 24.0 Å². The number of phenols is 1. The van der Waals surface area contributed by atoms with Crippen LogP contribution in [0.25, 0.3) is 6.08 Å². The van der Waals surface area contributed by atoms with Crippen molar-refractivity contribution in [1.82, 2.24) is 0 Å². The number of quaternary nitrogens is 1. The van der Waals surface area contributed by atoms with E-state index in [2.05, 4.69) is 13.8 Å². The quantitative estimate of drug-likeness (QED) is 0.824. The maximum absolute atomic E-state index is 12.7. The van der Waals surface area contributed by atoms with Crippen molar-refractivity contribution in [2.24, 2.45) is 0 Å². The molecule has 3 rings (SSSR count). The second-order valence-corrected chi connectivity index (χ2v) is 6.43. The van der Waals surface area contributed by atoms with Gasteiger partial charge in [-0.3, -0.25) is 4.79 Å². The molecule has 0 aromatic heterocycles. The summed E-state index contributed by atoms with van der Waals surface area (Å²) in [5.74, 6) is 0.861. The lowest BCUT2D eigenvalue weighted by Crippen LogP contribution is -3.10. The summed E-state index contributed by atoms with van der Waals surface area (Å²) in [6.07, 6.45) is 1.76. The Morgan fingerprint density at radius 3 is 2.60 bits per heavy atom. The van der Waals surface area contributed by atoms with Crippen LogP contribution in [0.1, 0.15) is 40.9 Å². The van der Waals surface area contributed by atoms with Crippen LogP contribution >= 0.6 is 0 Å². The molecule has 4 nitrogen and oxygen atoms in total. The molecule has 2 N–H and O–H groups in total. The lowest BCUT2D eigenvalue weighted by molar-refractivity contribution is -0.910. The molecule has 0 fully saturated rings. The van der Waals surface area contributed by atoms with Crippen molar-refractivity contribution >= 4 is 11.9 Å². The molecular weight excluding hydrogens is 314 g/mol. The van der Waals surface area contributed by atoms with Gasteiger partial charge in [-0.1, -0.05) is 29.8 Å². The first-order valence-corrected chi connectivity index (χ1v) is 8.72. The molecule has 0 saturated heterocycles. The minimum Gasteiger partial charge on any atom is -0.507 e. The van der Waals surface area contributed by atoms with Crippen LogP contribution in [0.2, 0.25) is 0 Å². The van der Waals surface area contributed by atoms with Gasteiger partial charge in [0.05, 0.1) is 24.2 Å². The third-order valence-electron chi connectivity index (χ3n) is 4.68. The molecule has 2 aromatic rings. The largest absolute Gasteiger partial charge is 0.507 e. The molecule has 1 heterocycles. The highest BCUT2D eigenvalue weighted by molar-refractivity contribution is 6.14. The molecule has 0 aliphatic carbocycles. The van der Waals surface area contributed by atoms with Crippen LogP contribution in [0.15, 0.2) is 42.2 Å². The average molecular weight is 338 g/mol. The van der Waals surface area contributed by atoms with Gasteiger partial charge in [-0.2, -0.15) is 0 Å². The summed E-state index contributed by atoms with van der Waals surface area (Å²) in [5, 5.41) is 10.3. The molecule has 2 aromatic carbocycles. The fourth-order valence-corrected chi connectivity index (χ4v) is 3.13. The third-order valence-corrected chi connectivity index (χ3v) is 4.68. The van der Waals surface area contributed by atoms with Gasteiger partial charge >= 0.3 is 0 Å². The van der Waals surface area contributed by atoms with E-state index >= 15 is 0 Å². The standard InChI is InChI=1S/C21H23NO3/c1-4-22(5-2)13-17-18(23)10-9-16-20(24)19(25-21(16)17)12-15-8-6-7-14(3)11-15/h6-12,23H,4-5,13H2,1-3H3/p+1. The van der Waals surface area contributed by atoms with Gasteiger partial charge in [0, 0.05) is 0 Å². The van der Waals surface area contributed by atoms with Crippen molar-refractivity contribution in [2.75, 3.05) is 13.1 Å². The predicted molar refractivity (Wildman–Crippen MR) is 98.0 cm³/mol. The Kier molecular flexibility index (Phi) is 4.91. The smallest absolute Gasteiger partial charge is 0.231 e. The zero-order valence-electron chi connectivity index (χ0n) is 14.9. The first-order chi connectivity index (χ1) is 12.0. The topological polar surface area (TPSA) is 51.0 Å². The number of ether oxygens (including phenoxy) is 1. The third kappa shape index (κ3) is 3.44. The number of hydrogen-bond acceptors (Lipinski definition) is 3. The number of aromatic hydroxyl groups is 1. The van der Waals surface area contributed by atoms with Crippen LogP contribution in [0.5, 0.6) is 11.5 Å². The monoisotopic (exact) mass is 338 g/mol. The number of carbonyl (C=O) groups is 1. The lowest BCUT2D eigenvalue weighted by atomic mass is 10.0. The van der Waals surface area contributed by atoms with E-state index in [0.29, 0.717) is 29.2 Å². The number of carbonyl (C=O) groups excluding carboxylic acids is 1. The highest BCUT2D eigenvalue weighted by Crippen LogP contribution is 2.39. The van der Waals surface area contributed by atoms with Crippen LogP contribution in [0.4, 0.5) is 0 Å². The van der Waals surface area contributed by atoms with Gasteiger partial charge < -0.3 is 14.7 Å². The van der Waals surface area contributed by atoms with Crippen molar-refractivity contribution in [3.05, 3.63) is 64.4 Å². The van der Waals surface area contributed by atoms with E-state index < -0.39 is 0 Å². The maximum atomic E-state index is 12.7. The van der Waals surface area contributed by atoms with E-state index in [9.17, 15) is 9.90 Å². The second-order valence-electron chi connectivity index (χ2n) is 6.43. The SMILES string of the molecule is CC[NH+](CC)Cc1c(O)ccc2c1OC(=Cc1cccc(C)c1)C2=O. The Bertz CT molecular complexity index is 835. The van der Waals surface area contributed by atoms with Crippen molar-refractivity contribution in [3.63, 3.8) is 0 Å². The molecule has 1 aliphatic rings. The van der Waals surface area contributed by atoms with Gasteiger partial charge in [0.15, 0.2) is 11.5 Å². The lowest BCUT2D eigenvalue weighted by Gasteiger charge is -2.17. The highest BCUT2D eigenvalue weighted by Gasteiger charge is 2.32. The van der Waals surface area contributed by atoms with Crippen molar-refractivity contribution in [3.8, 4) is 11.5 Å². The molecule has 4 heteroatoms. The number of rotatable bonds is 5. The average Bonchev–Trinajstić information content (AvgIpc) is 2.90. The summed E-state index contributed by atoms with van der Waals surface area (Å²) in [6.45, 7) is 8.74. The first-order valence-electron chi connectivity index (χ1n) is 8.72. The molecule has 0 unspecified atom stereocenters. The van der Waals surface area contributed by atoms with E-state index in [1.54, 1.807) is 18.2 Å². The maximum Gasteiger partial charge on any atom is 0.231 e. The first kappa shape index (κ1) is 17.2. The summed E-state index contributed by atoms with van der Waals surface area (Å²) in [4.78, 5) is 14.0. The molecule has 0 atom stereocenters. The number of Topliss-reactive ketones (excluding diaryl/α,β-unsaturated/α-hetero) is 1. The minimum absolute atomic E-state index is 0.132. The number of aryl methyl sites for hydroxylation is 1. The second kappa shape index (κ2) is 7.11. The number of fused-ring (bicyclic) bond motifs is 1. The minimum atomic E-state index is -0.132. The van der Waals surface area contributed by atoms with Crippen LogP contribution in [0, 0.1) is 6.92 Å². The van der Waals surface area contributed by atoms with Gasteiger partial charge in [0.1, 0.15) is 12.3 Å². The predicted octanol–water partition coefficient (Wildman–Crippen LogP) is 2.74. The molecule has 0 spiro atoms. The Hall–Kier alpha value is -2.59. The molecular formula is C21H24NO3+. The number of nitrogens with one attached hydrogen (secondary N) is 1. The van der Waals surface area contributed by atoms with Crippen molar-refractivity contribution in [1.29, 1.82) is 0 Å². The summed E-state index contributed by atoms with van der Waals surface area (Å²) in [7, 11) is 0. The number of benzene rings is 2. The normalized spacial score (nSPS) is 14.9.